The molecule has 1 aliphatic rings. The Hall–Kier alpha value is -1.00. The third kappa shape index (κ3) is 1.68. The van der Waals surface area contributed by atoms with Crippen molar-refractivity contribution >= 4 is 0 Å². The summed E-state index contributed by atoms with van der Waals surface area (Å²) in [5.41, 5.74) is 1.20. The third-order valence-corrected chi connectivity index (χ3v) is 2.39. The molecule has 2 rings (SSSR count). The topological polar surface area (TPSA) is 58.0 Å². The quantitative estimate of drug-likeness (QED) is 0.652. The van der Waals surface area contributed by atoms with Crippen molar-refractivity contribution < 1.29 is 5.11 Å². The van der Waals surface area contributed by atoms with Crippen LogP contribution in [0.5, 0.6) is 0 Å². The highest BCUT2D eigenvalue weighted by Crippen LogP contribution is 2.17. The fourth-order valence-electron chi connectivity index (χ4n) is 1.46. The molecule has 0 aromatic carbocycles. The van der Waals surface area contributed by atoms with Crippen LogP contribution in [0.2, 0.25) is 0 Å². The third-order valence-electron chi connectivity index (χ3n) is 2.39. The standard InChI is InChI=1S/C9H13N3O/c1-7-8(12-3-2-11-7)4-9(13)5-10-6-9/h2-3,10,13H,4-6H2,1H3. The number of rotatable bonds is 2. The van der Waals surface area contributed by atoms with E-state index in [0.717, 1.165) is 11.4 Å². The van der Waals surface area contributed by atoms with Crippen molar-refractivity contribution in [2.45, 2.75) is 18.9 Å². The Morgan fingerprint density at radius 2 is 2.15 bits per heavy atom. The summed E-state index contributed by atoms with van der Waals surface area (Å²) in [6, 6.07) is 0. The van der Waals surface area contributed by atoms with E-state index in [9.17, 15) is 5.11 Å². The van der Waals surface area contributed by atoms with Gasteiger partial charge in [-0.05, 0) is 6.92 Å². The largest absolute Gasteiger partial charge is 0.387 e. The second-order valence-corrected chi connectivity index (χ2v) is 3.59. The van der Waals surface area contributed by atoms with Gasteiger partial charge >= 0.3 is 0 Å². The van der Waals surface area contributed by atoms with Crippen LogP contribution in [0.4, 0.5) is 0 Å². The van der Waals surface area contributed by atoms with Crippen LogP contribution in [0.25, 0.3) is 0 Å². The summed E-state index contributed by atoms with van der Waals surface area (Å²) in [5, 5.41) is 12.9. The molecular formula is C9H13N3O. The van der Waals surface area contributed by atoms with Gasteiger partial charge in [-0.15, -0.1) is 0 Å². The van der Waals surface area contributed by atoms with Gasteiger partial charge in [0.1, 0.15) is 0 Å². The molecule has 1 aromatic heterocycles. The highest BCUT2D eigenvalue weighted by Gasteiger charge is 2.35. The maximum absolute atomic E-state index is 9.86. The summed E-state index contributed by atoms with van der Waals surface area (Å²) in [6.45, 7) is 3.23. The minimum Gasteiger partial charge on any atom is -0.387 e. The maximum Gasteiger partial charge on any atom is 0.0950 e. The number of aliphatic hydroxyl groups is 1. The number of aryl methyl sites for hydroxylation is 1. The zero-order valence-electron chi connectivity index (χ0n) is 7.62. The molecule has 0 amide bonds. The number of nitrogens with one attached hydrogen (secondary N) is 1. The van der Waals surface area contributed by atoms with E-state index < -0.39 is 5.60 Å². The van der Waals surface area contributed by atoms with Crippen LogP contribution in [0.1, 0.15) is 11.4 Å². The van der Waals surface area contributed by atoms with Gasteiger partial charge in [-0.25, -0.2) is 0 Å². The van der Waals surface area contributed by atoms with E-state index in [0.29, 0.717) is 19.5 Å². The smallest absolute Gasteiger partial charge is 0.0950 e. The van der Waals surface area contributed by atoms with Gasteiger partial charge in [0.2, 0.25) is 0 Å². The van der Waals surface area contributed by atoms with E-state index in [-0.39, 0.29) is 0 Å². The van der Waals surface area contributed by atoms with E-state index in [1.165, 1.54) is 0 Å². The van der Waals surface area contributed by atoms with Crippen molar-refractivity contribution in [3.63, 3.8) is 0 Å². The van der Waals surface area contributed by atoms with Crippen LogP contribution in [0.3, 0.4) is 0 Å². The number of hydrogen-bond donors (Lipinski definition) is 2. The first-order valence-corrected chi connectivity index (χ1v) is 4.39. The lowest BCUT2D eigenvalue weighted by atomic mass is 9.91. The molecule has 70 valence electrons. The number of hydrogen-bond acceptors (Lipinski definition) is 4. The lowest BCUT2D eigenvalue weighted by Crippen LogP contribution is -2.60. The average molecular weight is 179 g/mol. The van der Waals surface area contributed by atoms with Crippen molar-refractivity contribution in [3.8, 4) is 0 Å². The molecule has 2 N–H and O–H groups in total. The normalized spacial score (nSPS) is 19.5. The molecule has 4 heteroatoms. The minimum atomic E-state index is -0.596. The Labute approximate surface area is 77.0 Å². The molecule has 4 nitrogen and oxygen atoms in total. The Balaban J connectivity index is 2.13. The van der Waals surface area contributed by atoms with Crippen molar-refractivity contribution in [2.75, 3.05) is 13.1 Å². The Morgan fingerprint density at radius 1 is 1.46 bits per heavy atom. The molecule has 1 aliphatic heterocycles. The Kier molecular flexibility index (Phi) is 2.01. The molecule has 1 fully saturated rings. The monoisotopic (exact) mass is 179 g/mol. The molecule has 0 radical (unpaired) electrons. The number of β-amino-alcohol motifs (C(OH)–C–C–N with tert-alkyl or cyclic N) is 1. The molecule has 0 atom stereocenters. The van der Waals surface area contributed by atoms with Crippen molar-refractivity contribution in [2.24, 2.45) is 0 Å². The van der Waals surface area contributed by atoms with Gasteiger partial charge in [0.05, 0.1) is 17.0 Å². The number of nitrogens with zero attached hydrogens (tertiary/aromatic N) is 2. The predicted molar refractivity (Wildman–Crippen MR) is 48.3 cm³/mol. The SMILES string of the molecule is Cc1nccnc1CC1(O)CNC1. The fraction of sp³-hybridized carbons (Fsp3) is 0.556. The second kappa shape index (κ2) is 3.05. The zero-order chi connectivity index (χ0) is 9.31. The van der Waals surface area contributed by atoms with Crippen LogP contribution < -0.4 is 5.32 Å². The Morgan fingerprint density at radius 3 is 2.69 bits per heavy atom. The molecule has 0 aliphatic carbocycles. The molecule has 13 heavy (non-hydrogen) atoms. The van der Waals surface area contributed by atoms with Gasteiger partial charge < -0.3 is 10.4 Å². The van der Waals surface area contributed by atoms with Crippen molar-refractivity contribution in [1.29, 1.82) is 0 Å². The molecule has 2 heterocycles. The molecule has 0 bridgehead atoms. The van der Waals surface area contributed by atoms with Crippen LogP contribution in [-0.2, 0) is 6.42 Å². The van der Waals surface area contributed by atoms with Gasteiger partial charge in [-0.2, -0.15) is 0 Å². The zero-order valence-corrected chi connectivity index (χ0v) is 7.62. The van der Waals surface area contributed by atoms with E-state index in [2.05, 4.69) is 15.3 Å². The van der Waals surface area contributed by atoms with Gasteiger partial charge in [-0.3, -0.25) is 9.97 Å². The van der Waals surface area contributed by atoms with Crippen LogP contribution in [-0.4, -0.2) is 33.8 Å². The van der Waals surface area contributed by atoms with E-state index in [1.54, 1.807) is 12.4 Å². The van der Waals surface area contributed by atoms with Crippen LogP contribution in [0.15, 0.2) is 12.4 Å². The van der Waals surface area contributed by atoms with Crippen molar-refractivity contribution in [3.05, 3.63) is 23.8 Å². The summed E-state index contributed by atoms with van der Waals surface area (Å²) in [7, 11) is 0. The first kappa shape index (κ1) is 8.59. The van der Waals surface area contributed by atoms with Gasteiger partial charge in [0, 0.05) is 31.9 Å². The molecule has 1 aromatic rings. The van der Waals surface area contributed by atoms with E-state index >= 15 is 0 Å². The predicted octanol–water partition coefficient (Wildman–Crippen LogP) is -0.338. The van der Waals surface area contributed by atoms with E-state index in [1.807, 2.05) is 6.92 Å². The molecule has 0 unspecified atom stereocenters. The van der Waals surface area contributed by atoms with Gasteiger partial charge in [0.25, 0.3) is 0 Å². The molecule has 0 spiro atoms. The summed E-state index contributed by atoms with van der Waals surface area (Å²) in [4.78, 5) is 8.32. The molecule has 0 saturated carbocycles. The number of aromatic nitrogens is 2. The lowest BCUT2D eigenvalue weighted by Gasteiger charge is -2.37. The lowest BCUT2D eigenvalue weighted by molar-refractivity contribution is -0.0100. The summed E-state index contributed by atoms with van der Waals surface area (Å²) in [6.07, 6.45) is 3.93. The molecule has 1 saturated heterocycles. The second-order valence-electron chi connectivity index (χ2n) is 3.59. The van der Waals surface area contributed by atoms with Crippen LogP contribution >= 0.6 is 0 Å². The molecular weight excluding hydrogens is 166 g/mol. The summed E-state index contributed by atoms with van der Waals surface area (Å²) in [5.74, 6) is 0. The first-order valence-electron chi connectivity index (χ1n) is 4.39. The minimum absolute atomic E-state index is 0.596. The Bertz CT molecular complexity index is 309. The van der Waals surface area contributed by atoms with Crippen molar-refractivity contribution in [1.82, 2.24) is 15.3 Å². The van der Waals surface area contributed by atoms with Gasteiger partial charge in [-0.1, -0.05) is 0 Å². The highest BCUT2D eigenvalue weighted by atomic mass is 16.3. The van der Waals surface area contributed by atoms with Crippen LogP contribution in [0, 0.1) is 6.92 Å². The van der Waals surface area contributed by atoms with E-state index in [4.69, 9.17) is 0 Å². The summed E-state index contributed by atoms with van der Waals surface area (Å²) >= 11 is 0. The average Bonchev–Trinajstić information content (AvgIpc) is 2.06. The summed E-state index contributed by atoms with van der Waals surface area (Å²) < 4.78 is 0. The maximum atomic E-state index is 9.86. The first-order chi connectivity index (χ1) is 6.20. The fourth-order valence-corrected chi connectivity index (χ4v) is 1.46. The van der Waals surface area contributed by atoms with Gasteiger partial charge in [0.15, 0.2) is 0 Å². The highest BCUT2D eigenvalue weighted by molar-refractivity contribution is 5.13.